The van der Waals surface area contributed by atoms with Gasteiger partial charge in [0.1, 0.15) is 0 Å². The quantitative estimate of drug-likeness (QED) is 0.533. The zero-order valence-corrected chi connectivity index (χ0v) is 8.56. The van der Waals surface area contributed by atoms with Gasteiger partial charge in [0.2, 0.25) is 5.91 Å². The van der Waals surface area contributed by atoms with Crippen LogP contribution in [-0.2, 0) is 9.53 Å². The van der Waals surface area contributed by atoms with Gasteiger partial charge in [0, 0.05) is 27.2 Å². The number of amides is 1. The van der Waals surface area contributed by atoms with Crippen molar-refractivity contribution in [1.29, 1.82) is 0 Å². The van der Waals surface area contributed by atoms with Crippen LogP contribution >= 0.6 is 0 Å². The molecular weight excluding hydrogens is 168 g/mol. The summed E-state index contributed by atoms with van der Waals surface area (Å²) >= 11 is 0. The Morgan fingerprint density at radius 1 is 1.31 bits per heavy atom. The fourth-order valence-corrected chi connectivity index (χ4v) is 0.965. The fourth-order valence-electron chi connectivity index (χ4n) is 0.965. The SMILES string of the molecule is CNC(=O)CCCNCCCOC. The molecule has 0 aromatic carbocycles. The minimum Gasteiger partial charge on any atom is -0.385 e. The Morgan fingerprint density at radius 3 is 2.62 bits per heavy atom. The molecule has 0 heterocycles. The van der Waals surface area contributed by atoms with Crippen LogP contribution in [0.3, 0.4) is 0 Å². The third-order valence-corrected chi connectivity index (χ3v) is 1.74. The molecule has 0 rings (SSSR count). The molecule has 4 heteroatoms. The lowest BCUT2D eigenvalue weighted by Gasteiger charge is -2.03. The number of carbonyl (C=O) groups is 1. The smallest absolute Gasteiger partial charge is 0.219 e. The van der Waals surface area contributed by atoms with Gasteiger partial charge >= 0.3 is 0 Å². The number of carbonyl (C=O) groups excluding carboxylic acids is 1. The molecule has 0 aromatic rings. The molecule has 0 bridgehead atoms. The predicted octanol–water partition coefficient (Wildman–Crippen LogP) is 0.139. The summed E-state index contributed by atoms with van der Waals surface area (Å²) in [6.07, 6.45) is 2.52. The number of methoxy groups -OCH3 is 1. The molecule has 0 saturated heterocycles. The maximum Gasteiger partial charge on any atom is 0.219 e. The summed E-state index contributed by atoms with van der Waals surface area (Å²) in [5.74, 6) is 0.110. The molecule has 0 aliphatic rings. The molecular formula is C9H20N2O2. The summed E-state index contributed by atoms with van der Waals surface area (Å²) < 4.78 is 4.90. The van der Waals surface area contributed by atoms with Crippen LogP contribution in [0, 0.1) is 0 Å². The predicted molar refractivity (Wildman–Crippen MR) is 52.7 cm³/mol. The maximum atomic E-state index is 10.8. The lowest BCUT2D eigenvalue weighted by Crippen LogP contribution is -2.22. The second-order valence-electron chi connectivity index (χ2n) is 2.87. The normalized spacial score (nSPS) is 10.0. The van der Waals surface area contributed by atoms with Crippen molar-refractivity contribution in [1.82, 2.24) is 10.6 Å². The van der Waals surface area contributed by atoms with Crippen LogP contribution in [0.1, 0.15) is 19.3 Å². The summed E-state index contributed by atoms with van der Waals surface area (Å²) in [6, 6.07) is 0. The van der Waals surface area contributed by atoms with Gasteiger partial charge in [-0.25, -0.2) is 0 Å². The van der Waals surface area contributed by atoms with Gasteiger partial charge in [-0.3, -0.25) is 4.79 Å². The molecule has 0 aliphatic heterocycles. The summed E-state index contributed by atoms with van der Waals surface area (Å²) in [6.45, 7) is 2.65. The third-order valence-electron chi connectivity index (χ3n) is 1.74. The first kappa shape index (κ1) is 12.4. The maximum absolute atomic E-state index is 10.8. The van der Waals surface area contributed by atoms with E-state index in [1.165, 1.54) is 0 Å². The molecule has 0 saturated carbocycles. The van der Waals surface area contributed by atoms with E-state index in [-0.39, 0.29) is 5.91 Å². The number of ether oxygens (including phenoxy) is 1. The van der Waals surface area contributed by atoms with E-state index >= 15 is 0 Å². The Kier molecular flexibility index (Phi) is 9.03. The Balaban J connectivity index is 2.95. The second kappa shape index (κ2) is 9.48. The van der Waals surface area contributed by atoms with Gasteiger partial charge in [0.15, 0.2) is 0 Å². The van der Waals surface area contributed by atoms with Crippen LogP contribution in [0.25, 0.3) is 0 Å². The molecule has 1 amide bonds. The van der Waals surface area contributed by atoms with Crippen LogP contribution < -0.4 is 10.6 Å². The minimum absolute atomic E-state index is 0.110. The third kappa shape index (κ3) is 9.30. The topological polar surface area (TPSA) is 50.4 Å². The standard InChI is InChI=1S/C9H20N2O2/c1-10-9(12)5-3-6-11-7-4-8-13-2/h11H,3-8H2,1-2H3,(H,10,12). The molecule has 0 unspecified atom stereocenters. The molecule has 2 N–H and O–H groups in total. The van der Waals surface area contributed by atoms with E-state index < -0.39 is 0 Å². The van der Waals surface area contributed by atoms with Crippen LogP contribution in [0.5, 0.6) is 0 Å². The first-order valence-corrected chi connectivity index (χ1v) is 4.71. The van der Waals surface area contributed by atoms with E-state index in [4.69, 9.17) is 4.74 Å². The van der Waals surface area contributed by atoms with Gasteiger partial charge < -0.3 is 15.4 Å². The van der Waals surface area contributed by atoms with Crippen molar-refractivity contribution in [3.8, 4) is 0 Å². The molecule has 4 nitrogen and oxygen atoms in total. The molecule has 0 fully saturated rings. The highest BCUT2D eigenvalue weighted by Crippen LogP contribution is 1.86. The van der Waals surface area contributed by atoms with Crippen molar-refractivity contribution in [3.05, 3.63) is 0 Å². The molecule has 0 aromatic heterocycles. The lowest BCUT2D eigenvalue weighted by atomic mass is 10.3. The lowest BCUT2D eigenvalue weighted by molar-refractivity contribution is -0.120. The van der Waals surface area contributed by atoms with Gasteiger partial charge in [-0.1, -0.05) is 0 Å². The van der Waals surface area contributed by atoms with E-state index in [1.54, 1.807) is 14.2 Å². The van der Waals surface area contributed by atoms with Crippen LogP contribution in [0.15, 0.2) is 0 Å². The van der Waals surface area contributed by atoms with Crippen LogP contribution in [0.4, 0.5) is 0 Å². The van der Waals surface area contributed by atoms with Gasteiger partial charge in [0.25, 0.3) is 0 Å². The Hall–Kier alpha value is -0.610. The molecule has 0 spiro atoms. The number of rotatable bonds is 8. The molecule has 78 valence electrons. The summed E-state index contributed by atoms with van der Waals surface area (Å²) in [5.41, 5.74) is 0. The fraction of sp³-hybridized carbons (Fsp3) is 0.889. The Bertz CT molecular complexity index is 129. The highest BCUT2D eigenvalue weighted by Gasteiger charge is 1.95. The zero-order chi connectivity index (χ0) is 9.94. The van der Waals surface area contributed by atoms with Crippen molar-refractivity contribution in [2.75, 3.05) is 33.9 Å². The van der Waals surface area contributed by atoms with Crippen molar-refractivity contribution in [3.63, 3.8) is 0 Å². The van der Waals surface area contributed by atoms with Gasteiger partial charge in [-0.15, -0.1) is 0 Å². The monoisotopic (exact) mass is 188 g/mol. The van der Waals surface area contributed by atoms with E-state index in [0.29, 0.717) is 6.42 Å². The van der Waals surface area contributed by atoms with E-state index in [0.717, 1.165) is 32.5 Å². The van der Waals surface area contributed by atoms with Crippen molar-refractivity contribution in [2.45, 2.75) is 19.3 Å². The Morgan fingerprint density at radius 2 is 2.00 bits per heavy atom. The van der Waals surface area contributed by atoms with E-state index in [1.807, 2.05) is 0 Å². The van der Waals surface area contributed by atoms with E-state index in [2.05, 4.69) is 10.6 Å². The van der Waals surface area contributed by atoms with E-state index in [9.17, 15) is 4.79 Å². The van der Waals surface area contributed by atoms with Gasteiger partial charge in [-0.05, 0) is 25.9 Å². The Labute approximate surface area is 80.0 Å². The zero-order valence-electron chi connectivity index (χ0n) is 8.56. The summed E-state index contributed by atoms with van der Waals surface area (Å²) in [7, 11) is 3.36. The number of hydrogen-bond acceptors (Lipinski definition) is 3. The highest BCUT2D eigenvalue weighted by molar-refractivity contribution is 5.75. The van der Waals surface area contributed by atoms with Gasteiger partial charge in [-0.2, -0.15) is 0 Å². The van der Waals surface area contributed by atoms with Gasteiger partial charge in [0.05, 0.1) is 0 Å². The second-order valence-corrected chi connectivity index (χ2v) is 2.87. The summed E-state index contributed by atoms with van der Waals surface area (Å²) in [4.78, 5) is 10.8. The van der Waals surface area contributed by atoms with Crippen LogP contribution in [0.2, 0.25) is 0 Å². The van der Waals surface area contributed by atoms with Crippen LogP contribution in [-0.4, -0.2) is 39.8 Å². The molecule has 0 radical (unpaired) electrons. The minimum atomic E-state index is 0.110. The van der Waals surface area contributed by atoms with Crippen molar-refractivity contribution in [2.24, 2.45) is 0 Å². The average Bonchev–Trinajstić information content (AvgIpc) is 2.16. The first-order chi connectivity index (χ1) is 6.31. The largest absolute Gasteiger partial charge is 0.385 e. The molecule has 13 heavy (non-hydrogen) atoms. The number of hydrogen-bond donors (Lipinski definition) is 2. The first-order valence-electron chi connectivity index (χ1n) is 4.71. The number of nitrogens with one attached hydrogen (secondary N) is 2. The molecule has 0 atom stereocenters. The van der Waals surface area contributed by atoms with Crippen molar-refractivity contribution >= 4 is 5.91 Å². The summed E-state index contributed by atoms with van der Waals surface area (Å²) in [5, 5.41) is 5.83. The highest BCUT2D eigenvalue weighted by atomic mass is 16.5. The average molecular weight is 188 g/mol. The van der Waals surface area contributed by atoms with Crippen molar-refractivity contribution < 1.29 is 9.53 Å². The molecule has 0 aliphatic carbocycles.